The van der Waals surface area contributed by atoms with E-state index in [4.69, 9.17) is 0 Å². The maximum atomic E-state index is 4.21. The predicted molar refractivity (Wildman–Crippen MR) is 90.5 cm³/mol. The van der Waals surface area contributed by atoms with Crippen LogP contribution in [0.15, 0.2) is 54.7 Å². The normalized spacial score (nSPS) is 10.8. The van der Waals surface area contributed by atoms with Gasteiger partial charge in [0, 0.05) is 24.2 Å². The third-order valence-electron chi connectivity index (χ3n) is 4.00. The van der Waals surface area contributed by atoms with E-state index in [1.54, 1.807) is 0 Å². The quantitative estimate of drug-likeness (QED) is 0.746. The molecule has 112 valence electrons. The molecule has 0 bridgehead atoms. The second kappa shape index (κ2) is 6.58. The first-order valence-electron chi connectivity index (χ1n) is 7.58. The van der Waals surface area contributed by atoms with Gasteiger partial charge in [-0.2, -0.15) is 5.10 Å². The average molecular weight is 291 g/mol. The van der Waals surface area contributed by atoms with Crippen molar-refractivity contribution in [3.05, 3.63) is 77.0 Å². The SMILES string of the molecule is Cc1ccc(-c2[nH]ncc2CNCc2ccccc2)cc1C. The van der Waals surface area contributed by atoms with Crippen molar-refractivity contribution in [2.75, 3.05) is 0 Å². The molecule has 0 spiro atoms. The van der Waals surface area contributed by atoms with E-state index in [0.29, 0.717) is 0 Å². The number of nitrogens with one attached hydrogen (secondary N) is 2. The Morgan fingerprint density at radius 2 is 1.77 bits per heavy atom. The van der Waals surface area contributed by atoms with Crippen LogP contribution in [0, 0.1) is 13.8 Å². The van der Waals surface area contributed by atoms with Crippen molar-refractivity contribution in [2.24, 2.45) is 0 Å². The van der Waals surface area contributed by atoms with Crippen LogP contribution in [0.4, 0.5) is 0 Å². The molecule has 3 nitrogen and oxygen atoms in total. The second-order valence-electron chi connectivity index (χ2n) is 5.66. The zero-order valence-electron chi connectivity index (χ0n) is 13.1. The number of aromatic nitrogens is 2. The Morgan fingerprint density at radius 3 is 2.55 bits per heavy atom. The molecular weight excluding hydrogens is 270 g/mol. The molecule has 0 aliphatic rings. The summed E-state index contributed by atoms with van der Waals surface area (Å²) >= 11 is 0. The van der Waals surface area contributed by atoms with Gasteiger partial charge < -0.3 is 5.32 Å². The van der Waals surface area contributed by atoms with Gasteiger partial charge in [0.25, 0.3) is 0 Å². The van der Waals surface area contributed by atoms with Crippen LogP contribution in [0.1, 0.15) is 22.3 Å². The van der Waals surface area contributed by atoms with Crippen molar-refractivity contribution < 1.29 is 0 Å². The Hall–Kier alpha value is -2.39. The lowest BCUT2D eigenvalue weighted by atomic mass is 10.0. The van der Waals surface area contributed by atoms with Crippen molar-refractivity contribution in [1.82, 2.24) is 15.5 Å². The number of aryl methyl sites for hydroxylation is 2. The molecule has 0 saturated heterocycles. The summed E-state index contributed by atoms with van der Waals surface area (Å²) in [7, 11) is 0. The minimum Gasteiger partial charge on any atom is -0.308 e. The highest BCUT2D eigenvalue weighted by Gasteiger charge is 2.08. The van der Waals surface area contributed by atoms with Crippen molar-refractivity contribution in [2.45, 2.75) is 26.9 Å². The molecule has 0 unspecified atom stereocenters. The van der Waals surface area contributed by atoms with E-state index in [2.05, 4.69) is 71.8 Å². The first-order valence-corrected chi connectivity index (χ1v) is 7.58. The standard InChI is InChI=1S/C19H21N3/c1-14-8-9-17(10-15(14)2)19-18(13-21-22-19)12-20-11-16-6-4-3-5-7-16/h3-10,13,20H,11-12H2,1-2H3,(H,21,22). The van der Waals surface area contributed by atoms with E-state index < -0.39 is 0 Å². The third-order valence-corrected chi connectivity index (χ3v) is 4.00. The average Bonchev–Trinajstić information content (AvgIpc) is 3.00. The highest BCUT2D eigenvalue weighted by molar-refractivity contribution is 5.64. The first kappa shape index (κ1) is 14.5. The monoisotopic (exact) mass is 291 g/mol. The van der Waals surface area contributed by atoms with Crippen molar-refractivity contribution in [3.8, 4) is 11.3 Å². The molecule has 2 aromatic carbocycles. The molecule has 0 aliphatic carbocycles. The molecule has 2 N–H and O–H groups in total. The van der Waals surface area contributed by atoms with E-state index in [1.165, 1.54) is 27.8 Å². The summed E-state index contributed by atoms with van der Waals surface area (Å²) in [6, 6.07) is 17.0. The number of rotatable bonds is 5. The number of H-pyrrole nitrogens is 1. The summed E-state index contributed by atoms with van der Waals surface area (Å²) in [5, 5.41) is 10.8. The Balaban J connectivity index is 1.71. The largest absolute Gasteiger partial charge is 0.308 e. The van der Waals surface area contributed by atoms with Crippen LogP contribution in [0.25, 0.3) is 11.3 Å². The van der Waals surface area contributed by atoms with Gasteiger partial charge in [0.1, 0.15) is 0 Å². The maximum Gasteiger partial charge on any atom is 0.0695 e. The van der Waals surface area contributed by atoms with E-state index in [0.717, 1.165) is 18.8 Å². The van der Waals surface area contributed by atoms with Crippen LogP contribution in [-0.4, -0.2) is 10.2 Å². The molecule has 3 aromatic rings. The summed E-state index contributed by atoms with van der Waals surface area (Å²) in [6.07, 6.45) is 1.91. The zero-order valence-corrected chi connectivity index (χ0v) is 13.1. The van der Waals surface area contributed by atoms with Gasteiger partial charge in [-0.3, -0.25) is 5.10 Å². The van der Waals surface area contributed by atoms with Gasteiger partial charge in [-0.1, -0.05) is 42.5 Å². The minimum absolute atomic E-state index is 0.799. The fourth-order valence-electron chi connectivity index (χ4n) is 2.53. The van der Waals surface area contributed by atoms with E-state index in [1.807, 2.05) is 12.3 Å². The first-order chi connectivity index (χ1) is 10.7. The lowest BCUT2D eigenvalue weighted by Gasteiger charge is -2.08. The number of nitrogens with zero attached hydrogens (tertiary/aromatic N) is 1. The van der Waals surface area contributed by atoms with Gasteiger partial charge in [0.15, 0.2) is 0 Å². The summed E-state index contributed by atoms with van der Waals surface area (Å²) < 4.78 is 0. The maximum absolute atomic E-state index is 4.21. The molecule has 0 saturated carbocycles. The highest BCUT2D eigenvalue weighted by Crippen LogP contribution is 2.23. The summed E-state index contributed by atoms with van der Waals surface area (Å²) in [5.41, 5.74) is 7.39. The summed E-state index contributed by atoms with van der Waals surface area (Å²) in [6.45, 7) is 5.93. The van der Waals surface area contributed by atoms with Crippen LogP contribution in [-0.2, 0) is 13.1 Å². The van der Waals surface area contributed by atoms with Crippen LogP contribution in [0.5, 0.6) is 0 Å². The van der Waals surface area contributed by atoms with Gasteiger partial charge in [-0.05, 0) is 36.6 Å². The lowest BCUT2D eigenvalue weighted by Crippen LogP contribution is -2.12. The van der Waals surface area contributed by atoms with E-state index >= 15 is 0 Å². The fourth-order valence-corrected chi connectivity index (χ4v) is 2.53. The van der Waals surface area contributed by atoms with Crippen LogP contribution < -0.4 is 5.32 Å². The predicted octanol–water partition coefficient (Wildman–Crippen LogP) is 3.98. The van der Waals surface area contributed by atoms with Crippen LogP contribution in [0.2, 0.25) is 0 Å². The third kappa shape index (κ3) is 3.26. The van der Waals surface area contributed by atoms with E-state index in [9.17, 15) is 0 Å². The van der Waals surface area contributed by atoms with Crippen LogP contribution >= 0.6 is 0 Å². The van der Waals surface area contributed by atoms with Crippen molar-refractivity contribution in [1.29, 1.82) is 0 Å². The minimum atomic E-state index is 0.799. The molecule has 22 heavy (non-hydrogen) atoms. The number of aromatic amines is 1. The van der Waals surface area contributed by atoms with Gasteiger partial charge in [0.2, 0.25) is 0 Å². The van der Waals surface area contributed by atoms with Gasteiger partial charge in [-0.25, -0.2) is 0 Å². The summed E-state index contributed by atoms with van der Waals surface area (Å²) in [4.78, 5) is 0. The molecule has 0 radical (unpaired) electrons. The topological polar surface area (TPSA) is 40.7 Å². The van der Waals surface area contributed by atoms with Gasteiger partial charge >= 0.3 is 0 Å². The zero-order chi connectivity index (χ0) is 15.4. The second-order valence-corrected chi connectivity index (χ2v) is 5.66. The highest BCUT2D eigenvalue weighted by atomic mass is 15.1. The van der Waals surface area contributed by atoms with Crippen molar-refractivity contribution >= 4 is 0 Å². The Morgan fingerprint density at radius 1 is 0.955 bits per heavy atom. The molecule has 0 aliphatic heterocycles. The molecule has 0 amide bonds. The Kier molecular flexibility index (Phi) is 4.35. The number of hydrogen-bond donors (Lipinski definition) is 2. The number of hydrogen-bond acceptors (Lipinski definition) is 2. The lowest BCUT2D eigenvalue weighted by molar-refractivity contribution is 0.694. The van der Waals surface area contributed by atoms with E-state index in [-0.39, 0.29) is 0 Å². The molecule has 1 heterocycles. The van der Waals surface area contributed by atoms with Crippen molar-refractivity contribution in [3.63, 3.8) is 0 Å². The summed E-state index contributed by atoms with van der Waals surface area (Å²) in [5.74, 6) is 0. The molecular formula is C19H21N3. The van der Waals surface area contributed by atoms with Crippen LogP contribution in [0.3, 0.4) is 0 Å². The molecule has 3 heteroatoms. The molecule has 1 aromatic heterocycles. The Labute approximate surface area is 131 Å². The molecule has 0 atom stereocenters. The number of benzene rings is 2. The smallest absolute Gasteiger partial charge is 0.0695 e. The fraction of sp³-hybridized carbons (Fsp3) is 0.211. The molecule has 0 fully saturated rings. The Bertz CT molecular complexity index is 744. The molecule has 3 rings (SSSR count). The van der Waals surface area contributed by atoms with Gasteiger partial charge in [0.05, 0.1) is 11.9 Å². The van der Waals surface area contributed by atoms with Gasteiger partial charge in [-0.15, -0.1) is 0 Å².